The van der Waals surface area contributed by atoms with Crippen molar-refractivity contribution in [2.75, 3.05) is 19.0 Å². The third-order valence-corrected chi connectivity index (χ3v) is 3.24. The number of rotatable bonds is 8. The van der Waals surface area contributed by atoms with Crippen LogP contribution in [0, 0.1) is 5.82 Å². The van der Waals surface area contributed by atoms with E-state index in [1.165, 1.54) is 5.48 Å². The summed E-state index contributed by atoms with van der Waals surface area (Å²) in [5.41, 5.74) is 0.468. The number of hydroxylamine groups is 1. The number of nitrogens with zero attached hydrogens (tertiary/aromatic N) is 2. The molecule has 0 saturated heterocycles. The van der Waals surface area contributed by atoms with Crippen molar-refractivity contribution in [3.8, 4) is 0 Å². The first-order valence-corrected chi connectivity index (χ1v) is 7.74. The molecule has 0 saturated carbocycles. The largest absolute Gasteiger partial charge is 0.453 e. The Morgan fingerprint density at radius 3 is 2.62 bits per heavy atom. The number of hydrogen-bond acceptors (Lipinski definition) is 7. The number of nitrogens with one attached hydrogen (secondary N) is 3. The first kappa shape index (κ1) is 21.0. The predicted molar refractivity (Wildman–Crippen MR) is 86.3 cm³/mol. The molecule has 0 unspecified atom stereocenters. The van der Waals surface area contributed by atoms with E-state index in [1.54, 1.807) is 0 Å². The van der Waals surface area contributed by atoms with Gasteiger partial charge in [0.05, 0.1) is 13.3 Å². The van der Waals surface area contributed by atoms with Crippen molar-refractivity contribution in [1.82, 2.24) is 20.3 Å². The number of anilines is 1. The fourth-order valence-corrected chi connectivity index (χ4v) is 1.91. The molecule has 1 aromatic heterocycles. The molecule has 0 aliphatic heterocycles. The molecule has 4 N–H and O–H groups in total. The van der Waals surface area contributed by atoms with E-state index >= 15 is 0 Å². The van der Waals surface area contributed by atoms with Crippen molar-refractivity contribution >= 4 is 23.8 Å². The van der Waals surface area contributed by atoms with Crippen LogP contribution in [0.2, 0.25) is 0 Å². The summed E-state index contributed by atoms with van der Waals surface area (Å²) in [6.07, 6.45) is 2.41. The maximum absolute atomic E-state index is 13.8. The number of halogens is 1. The minimum atomic E-state index is -1.08. The minimum absolute atomic E-state index is 0.204. The third kappa shape index (κ3) is 6.84. The number of unbranched alkanes of at least 4 members (excludes halogenated alkanes) is 3. The zero-order valence-corrected chi connectivity index (χ0v) is 14.1. The third-order valence-electron chi connectivity index (χ3n) is 3.24. The van der Waals surface area contributed by atoms with E-state index in [0.29, 0.717) is 36.4 Å². The first-order valence-electron chi connectivity index (χ1n) is 7.74. The molecule has 144 valence electrons. The van der Waals surface area contributed by atoms with Crippen LogP contribution in [0.5, 0.6) is 0 Å². The lowest BCUT2D eigenvalue weighted by Crippen LogP contribution is -2.38. The van der Waals surface area contributed by atoms with Crippen LogP contribution >= 0.6 is 0 Å². The molecule has 1 rings (SSSR count). The van der Waals surface area contributed by atoms with Crippen LogP contribution in [-0.4, -0.2) is 46.4 Å². The SMILES string of the molecule is COC(=O)Nc1nc(=O)n(C(=O)NCCCCCCC(=O)NO)cc1F. The second-order valence-corrected chi connectivity index (χ2v) is 5.14. The normalized spacial score (nSPS) is 10.1. The maximum atomic E-state index is 13.8. The molecule has 0 bridgehead atoms. The van der Waals surface area contributed by atoms with Crippen LogP contribution in [0.3, 0.4) is 0 Å². The highest BCUT2D eigenvalue weighted by Gasteiger charge is 2.15. The molecule has 0 fully saturated rings. The van der Waals surface area contributed by atoms with Gasteiger partial charge in [0, 0.05) is 13.0 Å². The van der Waals surface area contributed by atoms with Crippen molar-refractivity contribution < 1.29 is 28.7 Å². The highest BCUT2D eigenvalue weighted by atomic mass is 19.1. The zero-order chi connectivity index (χ0) is 19.5. The molecular weight excluding hydrogens is 353 g/mol. The van der Waals surface area contributed by atoms with Gasteiger partial charge in [-0.25, -0.2) is 28.8 Å². The van der Waals surface area contributed by atoms with Gasteiger partial charge >= 0.3 is 17.8 Å². The predicted octanol–water partition coefficient (Wildman–Crippen LogP) is 0.574. The summed E-state index contributed by atoms with van der Waals surface area (Å²) in [7, 11) is 1.06. The van der Waals surface area contributed by atoms with E-state index < -0.39 is 35.4 Å². The molecular formula is C14H20FN5O6. The average Bonchev–Trinajstić information content (AvgIpc) is 2.62. The van der Waals surface area contributed by atoms with Crippen LogP contribution in [0.15, 0.2) is 11.0 Å². The lowest BCUT2D eigenvalue weighted by molar-refractivity contribution is -0.129. The number of amides is 3. The van der Waals surface area contributed by atoms with Gasteiger partial charge in [-0.15, -0.1) is 0 Å². The fraction of sp³-hybridized carbons (Fsp3) is 0.500. The van der Waals surface area contributed by atoms with Gasteiger partial charge in [0.2, 0.25) is 5.91 Å². The van der Waals surface area contributed by atoms with Crippen LogP contribution in [-0.2, 0) is 9.53 Å². The lowest BCUT2D eigenvalue weighted by atomic mass is 10.1. The van der Waals surface area contributed by atoms with Gasteiger partial charge in [-0.05, 0) is 12.8 Å². The van der Waals surface area contributed by atoms with Gasteiger partial charge in [-0.1, -0.05) is 12.8 Å². The maximum Gasteiger partial charge on any atom is 0.412 e. The summed E-state index contributed by atoms with van der Waals surface area (Å²) in [5, 5.41) is 12.7. The summed E-state index contributed by atoms with van der Waals surface area (Å²) in [5.74, 6) is -2.18. The molecule has 3 amide bonds. The Morgan fingerprint density at radius 1 is 1.27 bits per heavy atom. The van der Waals surface area contributed by atoms with Gasteiger partial charge in [0.1, 0.15) is 0 Å². The highest BCUT2D eigenvalue weighted by Crippen LogP contribution is 2.07. The van der Waals surface area contributed by atoms with E-state index in [4.69, 9.17) is 5.21 Å². The summed E-state index contributed by atoms with van der Waals surface area (Å²) in [6.45, 7) is 0.237. The topological polar surface area (TPSA) is 152 Å². The number of ether oxygens (including phenoxy) is 1. The molecule has 0 aliphatic carbocycles. The van der Waals surface area contributed by atoms with E-state index in [9.17, 15) is 23.6 Å². The average molecular weight is 373 g/mol. The Kier molecular flexibility index (Phi) is 8.70. The van der Waals surface area contributed by atoms with Gasteiger partial charge in [0.25, 0.3) is 0 Å². The van der Waals surface area contributed by atoms with E-state index in [-0.39, 0.29) is 13.0 Å². The molecule has 0 atom stereocenters. The van der Waals surface area contributed by atoms with E-state index in [2.05, 4.69) is 15.0 Å². The Balaban J connectivity index is 2.45. The molecule has 0 radical (unpaired) electrons. The highest BCUT2D eigenvalue weighted by molar-refractivity contribution is 5.83. The van der Waals surface area contributed by atoms with Gasteiger partial charge in [0.15, 0.2) is 11.6 Å². The van der Waals surface area contributed by atoms with Crippen molar-refractivity contribution in [3.05, 3.63) is 22.5 Å². The molecule has 11 nitrogen and oxygen atoms in total. The number of carbonyl (C=O) groups is 3. The van der Waals surface area contributed by atoms with Crippen molar-refractivity contribution in [2.45, 2.75) is 32.1 Å². The molecule has 0 aliphatic rings. The Hall–Kier alpha value is -3.02. The van der Waals surface area contributed by atoms with Crippen LogP contribution < -0.4 is 21.8 Å². The first-order chi connectivity index (χ1) is 12.4. The smallest absolute Gasteiger partial charge is 0.412 e. The zero-order valence-electron chi connectivity index (χ0n) is 14.1. The standard InChI is InChI=1S/C14H20FN5O6/c1-26-14(24)18-11-9(15)8-20(13(23)17-11)12(22)16-7-5-3-2-4-6-10(21)19-25/h8,25H,2-7H2,1H3,(H,16,22)(H,19,21)(H,17,18,23,24). The monoisotopic (exact) mass is 373 g/mol. The van der Waals surface area contributed by atoms with Crippen LogP contribution in [0.1, 0.15) is 32.1 Å². The molecule has 0 aromatic carbocycles. The molecule has 1 heterocycles. The Morgan fingerprint density at radius 2 is 1.96 bits per heavy atom. The van der Waals surface area contributed by atoms with E-state index in [0.717, 1.165) is 7.11 Å². The minimum Gasteiger partial charge on any atom is -0.453 e. The number of methoxy groups -OCH3 is 1. The number of aromatic nitrogens is 2. The molecule has 1 aromatic rings. The van der Waals surface area contributed by atoms with Crippen molar-refractivity contribution in [2.24, 2.45) is 0 Å². The quantitative estimate of drug-likeness (QED) is 0.295. The second kappa shape index (κ2) is 10.8. The van der Waals surface area contributed by atoms with E-state index in [1.807, 2.05) is 5.32 Å². The summed E-state index contributed by atoms with van der Waals surface area (Å²) < 4.78 is 18.5. The van der Waals surface area contributed by atoms with Gasteiger partial charge < -0.3 is 10.1 Å². The van der Waals surface area contributed by atoms with Crippen LogP contribution in [0.4, 0.5) is 19.8 Å². The summed E-state index contributed by atoms with van der Waals surface area (Å²) >= 11 is 0. The lowest BCUT2D eigenvalue weighted by Gasteiger charge is -2.09. The Labute approximate surface area is 147 Å². The van der Waals surface area contributed by atoms with Gasteiger partial charge in [-0.2, -0.15) is 4.98 Å². The fourth-order valence-electron chi connectivity index (χ4n) is 1.91. The molecule has 12 heteroatoms. The molecule has 26 heavy (non-hydrogen) atoms. The number of hydrogen-bond donors (Lipinski definition) is 4. The summed E-state index contributed by atoms with van der Waals surface area (Å²) in [6, 6.07) is -0.856. The summed E-state index contributed by atoms with van der Waals surface area (Å²) in [4.78, 5) is 48.7. The van der Waals surface area contributed by atoms with Crippen LogP contribution in [0.25, 0.3) is 0 Å². The van der Waals surface area contributed by atoms with Crippen molar-refractivity contribution in [3.63, 3.8) is 0 Å². The molecule has 0 spiro atoms. The number of carbonyl (C=O) groups excluding carboxylic acids is 3. The van der Waals surface area contributed by atoms with Crippen molar-refractivity contribution in [1.29, 1.82) is 0 Å². The second-order valence-electron chi connectivity index (χ2n) is 5.14. The van der Waals surface area contributed by atoms with Gasteiger partial charge in [-0.3, -0.25) is 15.3 Å². The Bertz CT molecular complexity index is 708.